The van der Waals surface area contributed by atoms with Crippen LogP contribution in [0.3, 0.4) is 0 Å². The standard InChI is InChI=1S/C42H29N5/c1-2-12-28(13-3-1)37-26-33(27-38(44-37)36-20-6-8-22-43-36)31-16-10-14-29(24-31)30-15-11-17-32(25-30)40-42-41(34-18-4-5-19-35(34)45-40)46-39-21-7-9-23-47(39)42/h1-2,4-12,14-27H,3,13H2. The molecule has 0 bridgehead atoms. The van der Waals surface area contributed by atoms with Crippen molar-refractivity contribution in [2.45, 2.75) is 12.8 Å². The van der Waals surface area contributed by atoms with Gasteiger partial charge in [0.25, 0.3) is 0 Å². The first-order valence-corrected chi connectivity index (χ1v) is 15.9. The Morgan fingerprint density at radius 2 is 1.34 bits per heavy atom. The number of aromatic nitrogens is 5. The Morgan fingerprint density at radius 3 is 2.17 bits per heavy atom. The maximum absolute atomic E-state index is 5.20. The van der Waals surface area contributed by atoms with E-state index in [1.807, 2.05) is 48.7 Å². The summed E-state index contributed by atoms with van der Waals surface area (Å²) in [5, 5.41) is 1.06. The maximum Gasteiger partial charge on any atom is 0.137 e. The lowest BCUT2D eigenvalue weighted by Crippen LogP contribution is -1.97. The number of fused-ring (bicyclic) bond motifs is 5. The lowest BCUT2D eigenvalue weighted by Gasteiger charge is -2.14. The molecule has 0 saturated heterocycles. The van der Waals surface area contributed by atoms with Crippen molar-refractivity contribution >= 4 is 33.2 Å². The van der Waals surface area contributed by atoms with Crippen LogP contribution < -0.4 is 0 Å². The molecule has 5 heterocycles. The molecule has 5 aromatic heterocycles. The molecule has 0 spiro atoms. The van der Waals surface area contributed by atoms with Crippen LogP contribution in [-0.2, 0) is 0 Å². The van der Waals surface area contributed by atoms with Crippen LogP contribution in [0.1, 0.15) is 18.5 Å². The first kappa shape index (κ1) is 27.1. The third-order valence-electron chi connectivity index (χ3n) is 8.91. The monoisotopic (exact) mass is 603 g/mol. The van der Waals surface area contributed by atoms with E-state index in [-0.39, 0.29) is 0 Å². The van der Waals surface area contributed by atoms with Crippen molar-refractivity contribution in [3.8, 4) is 44.9 Å². The molecule has 0 saturated carbocycles. The fourth-order valence-corrected chi connectivity index (χ4v) is 6.60. The average molecular weight is 604 g/mol. The third-order valence-corrected chi connectivity index (χ3v) is 8.91. The van der Waals surface area contributed by atoms with Gasteiger partial charge in [-0.1, -0.05) is 85.0 Å². The van der Waals surface area contributed by atoms with Gasteiger partial charge in [-0.05, 0) is 95.3 Å². The summed E-state index contributed by atoms with van der Waals surface area (Å²) < 4.78 is 2.15. The van der Waals surface area contributed by atoms with Crippen molar-refractivity contribution in [2.75, 3.05) is 0 Å². The second-order valence-corrected chi connectivity index (χ2v) is 11.9. The van der Waals surface area contributed by atoms with Crippen molar-refractivity contribution in [3.05, 3.63) is 158 Å². The van der Waals surface area contributed by atoms with Gasteiger partial charge in [0.1, 0.15) is 11.2 Å². The molecule has 1 aliphatic carbocycles. The number of benzene rings is 3. The van der Waals surface area contributed by atoms with Crippen molar-refractivity contribution < 1.29 is 0 Å². The largest absolute Gasteiger partial charge is 0.298 e. The summed E-state index contributed by atoms with van der Waals surface area (Å²) in [6.07, 6.45) is 12.4. The minimum Gasteiger partial charge on any atom is -0.298 e. The summed E-state index contributed by atoms with van der Waals surface area (Å²) in [7, 11) is 0. The normalized spacial score (nSPS) is 13.0. The molecule has 1 aliphatic rings. The van der Waals surface area contributed by atoms with Gasteiger partial charge >= 0.3 is 0 Å². The minimum atomic E-state index is 0.869. The zero-order valence-electron chi connectivity index (χ0n) is 25.6. The Labute approximate surface area is 272 Å². The van der Waals surface area contributed by atoms with E-state index in [9.17, 15) is 0 Å². The first-order valence-electron chi connectivity index (χ1n) is 15.9. The smallest absolute Gasteiger partial charge is 0.137 e. The molecule has 0 fully saturated rings. The minimum absolute atomic E-state index is 0.869. The van der Waals surface area contributed by atoms with Crippen LogP contribution in [0.15, 0.2) is 152 Å². The summed E-state index contributed by atoms with van der Waals surface area (Å²) in [4.78, 5) is 19.9. The molecule has 0 atom stereocenters. The topological polar surface area (TPSA) is 56.0 Å². The summed E-state index contributed by atoms with van der Waals surface area (Å²) in [6.45, 7) is 0. The average Bonchev–Trinajstić information content (AvgIpc) is 3.55. The Kier molecular flexibility index (Phi) is 6.53. The molecule has 5 heteroatoms. The highest BCUT2D eigenvalue weighted by molar-refractivity contribution is 6.09. The van der Waals surface area contributed by atoms with E-state index in [2.05, 4.69) is 113 Å². The summed E-state index contributed by atoms with van der Waals surface area (Å²) in [5.74, 6) is 0. The van der Waals surface area contributed by atoms with Gasteiger partial charge in [-0.25, -0.2) is 15.0 Å². The highest BCUT2D eigenvalue weighted by Crippen LogP contribution is 2.36. The Hall–Kier alpha value is -6.20. The van der Waals surface area contributed by atoms with Crippen molar-refractivity contribution in [2.24, 2.45) is 0 Å². The maximum atomic E-state index is 5.20. The first-order chi connectivity index (χ1) is 23.3. The van der Waals surface area contributed by atoms with Gasteiger partial charge < -0.3 is 0 Å². The molecule has 222 valence electrons. The second-order valence-electron chi connectivity index (χ2n) is 11.9. The summed E-state index contributed by atoms with van der Waals surface area (Å²) in [6, 6.07) is 42.2. The van der Waals surface area contributed by atoms with Gasteiger partial charge in [-0.3, -0.25) is 9.38 Å². The molecule has 0 radical (unpaired) electrons. The second kappa shape index (κ2) is 11.3. The molecule has 0 amide bonds. The zero-order chi connectivity index (χ0) is 31.2. The predicted octanol–water partition coefficient (Wildman–Crippen LogP) is 10.2. The molecule has 8 aromatic rings. The molecular weight excluding hydrogens is 574 g/mol. The van der Waals surface area contributed by atoms with Crippen LogP contribution in [0, 0.1) is 0 Å². The SMILES string of the molecule is C1=CCCC(c2cc(-c3cccc(-c4cccc(-c5nc6ccccc6c6nc7ccccn7c56)c4)c3)cc(-c3ccccn3)n2)=C1. The van der Waals surface area contributed by atoms with Gasteiger partial charge in [0.15, 0.2) is 0 Å². The van der Waals surface area contributed by atoms with E-state index in [0.29, 0.717) is 0 Å². The van der Waals surface area contributed by atoms with Gasteiger partial charge in [-0.2, -0.15) is 0 Å². The molecule has 47 heavy (non-hydrogen) atoms. The van der Waals surface area contributed by atoms with Crippen LogP contribution in [0.25, 0.3) is 78.1 Å². The molecule has 0 aliphatic heterocycles. The number of para-hydroxylation sites is 1. The summed E-state index contributed by atoms with van der Waals surface area (Å²) in [5.41, 5.74) is 14.3. The van der Waals surface area contributed by atoms with E-state index in [1.54, 1.807) is 0 Å². The van der Waals surface area contributed by atoms with E-state index >= 15 is 0 Å². The van der Waals surface area contributed by atoms with Crippen molar-refractivity contribution in [1.29, 1.82) is 0 Å². The quantitative estimate of drug-likeness (QED) is 0.196. The lowest BCUT2D eigenvalue weighted by atomic mass is 9.94. The van der Waals surface area contributed by atoms with E-state index in [4.69, 9.17) is 15.0 Å². The Bertz CT molecular complexity index is 2520. The van der Waals surface area contributed by atoms with Gasteiger partial charge in [0.05, 0.1) is 33.8 Å². The number of hydrogen-bond donors (Lipinski definition) is 0. The van der Waals surface area contributed by atoms with Gasteiger partial charge in [0.2, 0.25) is 0 Å². The van der Waals surface area contributed by atoms with E-state index in [1.165, 1.54) is 5.57 Å². The van der Waals surface area contributed by atoms with Crippen LogP contribution in [0.4, 0.5) is 0 Å². The fraction of sp³-hybridized carbons (Fsp3) is 0.0476. The van der Waals surface area contributed by atoms with Gasteiger partial charge in [-0.15, -0.1) is 0 Å². The van der Waals surface area contributed by atoms with Crippen LogP contribution in [0.2, 0.25) is 0 Å². The van der Waals surface area contributed by atoms with Crippen LogP contribution in [-0.4, -0.2) is 24.3 Å². The number of hydrogen-bond acceptors (Lipinski definition) is 4. The fourth-order valence-electron chi connectivity index (χ4n) is 6.60. The van der Waals surface area contributed by atoms with Gasteiger partial charge in [0, 0.05) is 23.3 Å². The number of pyridine rings is 4. The molecular formula is C42H29N5. The highest BCUT2D eigenvalue weighted by atomic mass is 15.0. The number of imidazole rings is 1. The Balaban J connectivity index is 1.18. The van der Waals surface area contributed by atoms with Crippen LogP contribution in [0.5, 0.6) is 0 Å². The van der Waals surface area contributed by atoms with Crippen molar-refractivity contribution in [3.63, 3.8) is 0 Å². The summed E-state index contributed by atoms with van der Waals surface area (Å²) >= 11 is 0. The third kappa shape index (κ3) is 4.89. The van der Waals surface area contributed by atoms with Crippen molar-refractivity contribution in [1.82, 2.24) is 24.3 Å². The number of nitrogens with zero attached hydrogens (tertiary/aromatic N) is 5. The Morgan fingerprint density at radius 1 is 0.574 bits per heavy atom. The zero-order valence-corrected chi connectivity index (χ0v) is 25.6. The number of rotatable bonds is 5. The molecule has 3 aromatic carbocycles. The highest BCUT2D eigenvalue weighted by Gasteiger charge is 2.17. The van der Waals surface area contributed by atoms with Crippen LogP contribution >= 0.6 is 0 Å². The predicted molar refractivity (Wildman–Crippen MR) is 192 cm³/mol. The number of allylic oxidation sites excluding steroid dienone is 4. The van der Waals surface area contributed by atoms with E-state index in [0.717, 1.165) is 91.0 Å². The molecule has 9 rings (SSSR count). The lowest BCUT2D eigenvalue weighted by molar-refractivity contribution is 1.04. The molecule has 5 nitrogen and oxygen atoms in total. The molecule has 0 N–H and O–H groups in total. The molecule has 0 unspecified atom stereocenters. The van der Waals surface area contributed by atoms with E-state index < -0.39 is 0 Å².